The third-order valence-electron chi connectivity index (χ3n) is 5.58. The van der Waals surface area contributed by atoms with Crippen molar-refractivity contribution in [1.29, 1.82) is 0 Å². The maximum atomic E-state index is 13.5. The lowest BCUT2D eigenvalue weighted by molar-refractivity contribution is 0.0935. The van der Waals surface area contributed by atoms with E-state index in [9.17, 15) is 4.79 Å². The number of para-hydroxylation sites is 1. The van der Waals surface area contributed by atoms with E-state index in [-0.39, 0.29) is 11.9 Å². The number of benzene rings is 3. The molecule has 0 radical (unpaired) electrons. The summed E-state index contributed by atoms with van der Waals surface area (Å²) < 4.78 is 1.85. The fraction of sp³-hybridized carbons (Fsp3) is 0.185. The SMILES string of the molecule is CCC(NC(=O)c1c(-c2ccccc2)nn(-c2ccccc2)c1C)c1ccc(C)cc1. The van der Waals surface area contributed by atoms with Crippen LogP contribution in [-0.2, 0) is 0 Å². The van der Waals surface area contributed by atoms with Gasteiger partial charge in [-0.15, -0.1) is 0 Å². The molecule has 1 heterocycles. The first-order chi connectivity index (χ1) is 15.1. The Balaban J connectivity index is 1.76. The Morgan fingerprint density at radius 2 is 1.52 bits per heavy atom. The average Bonchev–Trinajstić information content (AvgIpc) is 3.16. The monoisotopic (exact) mass is 409 g/mol. The minimum absolute atomic E-state index is 0.0591. The van der Waals surface area contributed by atoms with Gasteiger partial charge >= 0.3 is 0 Å². The van der Waals surface area contributed by atoms with Gasteiger partial charge in [0.15, 0.2) is 0 Å². The molecule has 31 heavy (non-hydrogen) atoms. The van der Waals surface area contributed by atoms with E-state index in [1.165, 1.54) is 5.56 Å². The van der Waals surface area contributed by atoms with Crippen LogP contribution in [0, 0.1) is 13.8 Å². The lowest BCUT2D eigenvalue weighted by Gasteiger charge is -2.18. The highest BCUT2D eigenvalue weighted by atomic mass is 16.1. The standard InChI is InChI=1S/C27H27N3O/c1-4-24(21-17-15-19(2)16-18-21)28-27(31)25-20(3)30(23-13-9-6-10-14-23)29-26(25)22-11-7-5-8-12-22/h5-18,24H,4H2,1-3H3,(H,28,31). The topological polar surface area (TPSA) is 46.9 Å². The predicted octanol–water partition coefficient (Wildman–Crippen LogP) is 6.04. The highest BCUT2D eigenvalue weighted by Crippen LogP contribution is 2.28. The Morgan fingerprint density at radius 1 is 0.903 bits per heavy atom. The molecule has 1 aromatic heterocycles. The van der Waals surface area contributed by atoms with Gasteiger partial charge in [-0.1, -0.05) is 85.3 Å². The Morgan fingerprint density at radius 3 is 2.13 bits per heavy atom. The molecule has 0 saturated heterocycles. The van der Waals surface area contributed by atoms with Crippen LogP contribution in [0.15, 0.2) is 84.9 Å². The van der Waals surface area contributed by atoms with Crippen LogP contribution in [0.2, 0.25) is 0 Å². The van der Waals surface area contributed by atoms with Gasteiger partial charge in [0.2, 0.25) is 0 Å². The molecule has 3 aromatic carbocycles. The molecule has 0 bridgehead atoms. The number of aryl methyl sites for hydroxylation is 1. The molecule has 0 aliphatic carbocycles. The molecular weight excluding hydrogens is 382 g/mol. The Bertz CT molecular complexity index is 1160. The van der Waals surface area contributed by atoms with E-state index < -0.39 is 0 Å². The molecular formula is C27H27N3O. The third kappa shape index (κ3) is 4.29. The number of nitrogens with zero attached hydrogens (tertiary/aromatic N) is 2. The summed E-state index contributed by atoms with van der Waals surface area (Å²) in [6.45, 7) is 6.11. The zero-order chi connectivity index (χ0) is 21.8. The summed E-state index contributed by atoms with van der Waals surface area (Å²) in [5, 5.41) is 8.09. The Labute approximate surface area is 183 Å². The van der Waals surface area contributed by atoms with Gasteiger partial charge in [-0.25, -0.2) is 4.68 Å². The first-order valence-electron chi connectivity index (χ1n) is 10.7. The van der Waals surface area contributed by atoms with E-state index in [4.69, 9.17) is 5.10 Å². The molecule has 0 saturated carbocycles. The van der Waals surface area contributed by atoms with E-state index in [1.807, 2.05) is 72.3 Å². The van der Waals surface area contributed by atoms with Gasteiger partial charge in [0.1, 0.15) is 5.69 Å². The van der Waals surface area contributed by atoms with Gasteiger partial charge in [0.05, 0.1) is 23.0 Å². The quantitative estimate of drug-likeness (QED) is 0.422. The van der Waals surface area contributed by atoms with Crippen molar-refractivity contribution < 1.29 is 4.79 Å². The minimum atomic E-state index is -0.106. The number of amides is 1. The number of carbonyl (C=O) groups is 1. The lowest BCUT2D eigenvalue weighted by atomic mass is 10.0. The zero-order valence-electron chi connectivity index (χ0n) is 18.2. The number of hydrogen-bond acceptors (Lipinski definition) is 2. The Kier molecular flexibility index (Phi) is 5.99. The molecule has 1 amide bonds. The summed E-state index contributed by atoms with van der Waals surface area (Å²) in [6.07, 6.45) is 0.807. The average molecular weight is 410 g/mol. The second-order valence-corrected chi connectivity index (χ2v) is 7.77. The number of rotatable bonds is 6. The first kappa shape index (κ1) is 20.6. The van der Waals surface area contributed by atoms with E-state index in [1.54, 1.807) is 0 Å². The molecule has 0 aliphatic heterocycles. The smallest absolute Gasteiger partial charge is 0.255 e. The van der Waals surface area contributed by atoms with E-state index >= 15 is 0 Å². The second-order valence-electron chi connectivity index (χ2n) is 7.77. The van der Waals surface area contributed by atoms with Crippen LogP contribution in [0.1, 0.15) is 46.6 Å². The molecule has 1 N–H and O–H groups in total. The summed E-state index contributed by atoms with van der Waals surface area (Å²) in [5.41, 5.74) is 6.29. The van der Waals surface area contributed by atoms with Gasteiger partial charge < -0.3 is 5.32 Å². The van der Waals surface area contributed by atoms with E-state index in [0.29, 0.717) is 11.3 Å². The van der Waals surface area contributed by atoms with Crippen LogP contribution in [0.4, 0.5) is 0 Å². The van der Waals surface area contributed by atoms with Gasteiger partial charge in [0, 0.05) is 5.56 Å². The fourth-order valence-corrected chi connectivity index (χ4v) is 3.84. The van der Waals surface area contributed by atoms with Crippen LogP contribution in [0.3, 0.4) is 0 Å². The summed E-state index contributed by atoms with van der Waals surface area (Å²) in [6, 6.07) is 28.1. The van der Waals surface area contributed by atoms with Crippen molar-refractivity contribution >= 4 is 5.91 Å². The number of hydrogen-bond donors (Lipinski definition) is 1. The van der Waals surface area contributed by atoms with Crippen molar-refractivity contribution in [2.24, 2.45) is 0 Å². The van der Waals surface area contributed by atoms with Gasteiger partial charge in [-0.05, 0) is 38.0 Å². The molecule has 0 aliphatic rings. The van der Waals surface area contributed by atoms with Crippen LogP contribution in [0.5, 0.6) is 0 Å². The van der Waals surface area contributed by atoms with E-state index in [0.717, 1.165) is 28.9 Å². The van der Waals surface area contributed by atoms with Crippen molar-refractivity contribution in [1.82, 2.24) is 15.1 Å². The zero-order valence-corrected chi connectivity index (χ0v) is 18.2. The molecule has 4 aromatic rings. The first-order valence-corrected chi connectivity index (χ1v) is 10.7. The second kappa shape index (κ2) is 9.00. The molecule has 4 nitrogen and oxygen atoms in total. The molecule has 156 valence electrons. The number of carbonyl (C=O) groups excluding carboxylic acids is 1. The summed E-state index contributed by atoms with van der Waals surface area (Å²) >= 11 is 0. The Hall–Kier alpha value is -3.66. The number of aromatic nitrogens is 2. The summed E-state index contributed by atoms with van der Waals surface area (Å²) in [4.78, 5) is 13.5. The van der Waals surface area contributed by atoms with Gasteiger partial charge in [-0.2, -0.15) is 5.10 Å². The lowest BCUT2D eigenvalue weighted by Crippen LogP contribution is -2.29. The van der Waals surface area contributed by atoms with Gasteiger partial charge in [-0.3, -0.25) is 4.79 Å². The summed E-state index contributed by atoms with van der Waals surface area (Å²) in [7, 11) is 0. The maximum absolute atomic E-state index is 13.5. The van der Waals surface area contributed by atoms with Crippen LogP contribution in [0.25, 0.3) is 16.9 Å². The molecule has 4 heteroatoms. The molecule has 1 unspecified atom stereocenters. The fourth-order valence-electron chi connectivity index (χ4n) is 3.84. The third-order valence-corrected chi connectivity index (χ3v) is 5.58. The van der Waals surface area contributed by atoms with Crippen LogP contribution < -0.4 is 5.32 Å². The largest absolute Gasteiger partial charge is 0.345 e. The maximum Gasteiger partial charge on any atom is 0.255 e. The molecule has 0 spiro atoms. The predicted molar refractivity (Wildman–Crippen MR) is 125 cm³/mol. The van der Waals surface area contributed by atoms with Crippen molar-refractivity contribution in [2.45, 2.75) is 33.2 Å². The highest BCUT2D eigenvalue weighted by molar-refractivity contribution is 6.01. The van der Waals surface area contributed by atoms with E-state index in [2.05, 4.69) is 43.4 Å². The van der Waals surface area contributed by atoms with Crippen LogP contribution >= 0.6 is 0 Å². The molecule has 1 atom stereocenters. The number of nitrogens with one attached hydrogen (secondary N) is 1. The van der Waals surface area contributed by atoms with Gasteiger partial charge in [0.25, 0.3) is 5.91 Å². The van der Waals surface area contributed by atoms with Crippen molar-refractivity contribution in [3.05, 3.63) is 107 Å². The van der Waals surface area contributed by atoms with Crippen molar-refractivity contribution in [3.63, 3.8) is 0 Å². The molecule has 0 fully saturated rings. The molecule has 4 rings (SSSR count). The summed E-state index contributed by atoms with van der Waals surface area (Å²) in [5.74, 6) is -0.106. The normalized spacial score (nSPS) is 11.8. The van der Waals surface area contributed by atoms with Crippen molar-refractivity contribution in [3.8, 4) is 16.9 Å². The van der Waals surface area contributed by atoms with Crippen LogP contribution in [-0.4, -0.2) is 15.7 Å². The minimum Gasteiger partial charge on any atom is -0.345 e. The highest BCUT2D eigenvalue weighted by Gasteiger charge is 2.25. The van der Waals surface area contributed by atoms with Crippen molar-refractivity contribution in [2.75, 3.05) is 0 Å².